The van der Waals surface area contributed by atoms with Gasteiger partial charge in [-0.1, -0.05) is 0 Å². The van der Waals surface area contributed by atoms with Crippen molar-refractivity contribution in [3.05, 3.63) is 0 Å². The summed E-state index contributed by atoms with van der Waals surface area (Å²) in [6.45, 7) is 9.54. The van der Waals surface area contributed by atoms with Crippen LogP contribution in [0.15, 0.2) is 0 Å². The van der Waals surface area contributed by atoms with Crippen molar-refractivity contribution < 1.29 is 9.84 Å². The van der Waals surface area contributed by atoms with Gasteiger partial charge >= 0.3 is 0 Å². The Bertz CT molecular complexity index is 91.9. The summed E-state index contributed by atoms with van der Waals surface area (Å²) in [4.78, 5) is 0. The highest BCUT2D eigenvalue weighted by molar-refractivity contribution is 4.65. The topological polar surface area (TPSA) is 29.5 Å². The second kappa shape index (κ2) is 3.35. The average molecular weight is 146 g/mol. The maximum absolute atomic E-state index is 9.06. The van der Waals surface area contributed by atoms with E-state index in [1.165, 1.54) is 0 Å². The standard InChI is InChI=1S/C8H18O2/c1-6(9)7(2)10-8(3,4)5/h6-7,9H,1-5H3/t6-,7?/m0/s1. The second-order valence-electron chi connectivity index (χ2n) is 3.68. The molecule has 0 aliphatic heterocycles. The van der Waals surface area contributed by atoms with Crippen LogP contribution in [0.4, 0.5) is 0 Å². The van der Waals surface area contributed by atoms with Gasteiger partial charge in [-0.3, -0.25) is 0 Å². The fourth-order valence-corrected chi connectivity index (χ4v) is 0.656. The maximum atomic E-state index is 9.06. The molecule has 0 fully saturated rings. The molecule has 10 heavy (non-hydrogen) atoms. The minimum Gasteiger partial charge on any atom is -0.391 e. The van der Waals surface area contributed by atoms with Gasteiger partial charge in [0.05, 0.1) is 17.8 Å². The summed E-state index contributed by atoms with van der Waals surface area (Å²) >= 11 is 0. The van der Waals surface area contributed by atoms with E-state index in [1.807, 2.05) is 27.7 Å². The number of hydrogen-bond acceptors (Lipinski definition) is 2. The van der Waals surface area contributed by atoms with Gasteiger partial charge in [-0.15, -0.1) is 0 Å². The van der Waals surface area contributed by atoms with Crippen LogP contribution < -0.4 is 0 Å². The molecule has 0 spiro atoms. The van der Waals surface area contributed by atoms with Gasteiger partial charge in [-0.05, 0) is 34.6 Å². The van der Waals surface area contributed by atoms with Crippen LogP contribution in [-0.2, 0) is 4.74 Å². The van der Waals surface area contributed by atoms with Crippen molar-refractivity contribution in [2.24, 2.45) is 0 Å². The van der Waals surface area contributed by atoms with Crippen molar-refractivity contribution in [1.82, 2.24) is 0 Å². The third kappa shape index (κ3) is 4.77. The van der Waals surface area contributed by atoms with Gasteiger partial charge in [0.1, 0.15) is 0 Å². The number of ether oxygens (including phenoxy) is 1. The van der Waals surface area contributed by atoms with Gasteiger partial charge in [-0.2, -0.15) is 0 Å². The highest BCUT2D eigenvalue weighted by Crippen LogP contribution is 2.12. The molecule has 2 heteroatoms. The average Bonchev–Trinajstić information content (AvgIpc) is 1.60. The number of aliphatic hydroxyl groups is 1. The second-order valence-corrected chi connectivity index (χ2v) is 3.68. The molecule has 0 aromatic rings. The van der Waals surface area contributed by atoms with Crippen LogP contribution in [0.2, 0.25) is 0 Å². The molecule has 0 saturated carbocycles. The van der Waals surface area contributed by atoms with Crippen molar-refractivity contribution >= 4 is 0 Å². The van der Waals surface area contributed by atoms with Gasteiger partial charge in [0.25, 0.3) is 0 Å². The van der Waals surface area contributed by atoms with Gasteiger partial charge in [-0.25, -0.2) is 0 Å². The van der Waals surface area contributed by atoms with Gasteiger partial charge in [0.15, 0.2) is 0 Å². The minimum absolute atomic E-state index is 0.0833. The van der Waals surface area contributed by atoms with Gasteiger partial charge in [0, 0.05) is 0 Å². The van der Waals surface area contributed by atoms with E-state index in [2.05, 4.69) is 0 Å². The summed E-state index contributed by atoms with van der Waals surface area (Å²) in [5.41, 5.74) is -0.156. The summed E-state index contributed by atoms with van der Waals surface area (Å²) in [5.74, 6) is 0. The molecule has 0 heterocycles. The summed E-state index contributed by atoms with van der Waals surface area (Å²) in [6, 6.07) is 0. The Kier molecular flexibility index (Phi) is 3.33. The highest BCUT2D eigenvalue weighted by Gasteiger charge is 2.17. The molecule has 0 amide bonds. The molecule has 0 bridgehead atoms. The minimum atomic E-state index is -0.390. The molecular weight excluding hydrogens is 128 g/mol. The summed E-state index contributed by atoms with van der Waals surface area (Å²) in [5, 5.41) is 9.06. The highest BCUT2D eigenvalue weighted by atomic mass is 16.5. The van der Waals surface area contributed by atoms with Crippen molar-refractivity contribution in [3.8, 4) is 0 Å². The zero-order valence-corrected chi connectivity index (χ0v) is 7.51. The number of rotatable bonds is 2. The lowest BCUT2D eigenvalue weighted by Crippen LogP contribution is -2.32. The molecule has 2 atom stereocenters. The Morgan fingerprint density at radius 3 is 1.70 bits per heavy atom. The molecule has 2 nitrogen and oxygen atoms in total. The predicted octanol–water partition coefficient (Wildman–Crippen LogP) is 1.57. The first-order valence-corrected chi connectivity index (χ1v) is 3.69. The predicted molar refractivity (Wildman–Crippen MR) is 42.0 cm³/mol. The SMILES string of the molecule is CC(OC(C)(C)C)[C@H](C)O. The normalized spacial score (nSPS) is 18.6. The fourth-order valence-electron chi connectivity index (χ4n) is 0.656. The molecule has 0 aromatic carbocycles. The van der Waals surface area contributed by atoms with Crippen LogP contribution in [0, 0.1) is 0 Å². The van der Waals surface area contributed by atoms with E-state index in [0.717, 1.165) is 0 Å². The summed E-state index contributed by atoms with van der Waals surface area (Å²) in [7, 11) is 0. The van der Waals surface area contributed by atoms with E-state index in [1.54, 1.807) is 6.92 Å². The van der Waals surface area contributed by atoms with E-state index in [-0.39, 0.29) is 17.8 Å². The first kappa shape index (κ1) is 9.92. The Morgan fingerprint density at radius 1 is 1.20 bits per heavy atom. The van der Waals surface area contributed by atoms with Crippen molar-refractivity contribution in [2.75, 3.05) is 0 Å². The first-order valence-electron chi connectivity index (χ1n) is 3.69. The molecule has 0 saturated heterocycles. The van der Waals surface area contributed by atoms with Crippen LogP contribution in [-0.4, -0.2) is 22.9 Å². The summed E-state index contributed by atoms with van der Waals surface area (Å²) in [6.07, 6.45) is -0.473. The first-order chi connectivity index (χ1) is 4.33. The van der Waals surface area contributed by atoms with Crippen LogP contribution in [0.3, 0.4) is 0 Å². The molecule has 1 N–H and O–H groups in total. The van der Waals surface area contributed by atoms with Crippen molar-refractivity contribution in [1.29, 1.82) is 0 Å². The Hall–Kier alpha value is -0.0800. The van der Waals surface area contributed by atoms with Gasteiger partial charge in [0.2, 0.25) is 0 Å². The lowest BCUT2D eigenvalue weighted by molar-refractivity contribution is -0.0965. The number of aliphatic hydroxyl groups excluding tert-OH is 1. The van der Waals surface area contributed by atoms with Gasteiger partial charge < -0.3 is 9.84 Å². The van der Waals surface area contributed by atoms with Crippen LogP contribution in [0.25, 0.3) is 0 Å². The molecule has 0 rings (SSSR count). The monoisotopic (exact) mass is 146 g/mol. The Balaban J connectivity index is 3.68. The van der Waals surface area contributed by atoms with E-state index in [9.17, 15) is 0 Å². The smallest absolute Gasteiger partial charge is 0.0810 e. The van der Waals surface area contributed by atoms with E-state index < -0.39 is 0 Å². The third-order valence-electron chi connectivity index (χ3n) is 1.22. The van der Waals surface area contributed by atoms with E-state index in [4.69, 9.17) is 9.84 Å². The molecule has 0 radical (unpaired) electrons. The molecule has 0 aliphatic rings. The molecule has 0 aliphatic carbocycles. The van der Waals surface area contributed by atoms with Crippen LogP contribution >= 0.6 is 0 Å². The van der Waals surface area contributed by atoms with Crippen molar-refractivity contribution in [2.45, 2.75) is 52.4 Å². The van der Waals surface area contributed by atoms with Crippen molar-refractivity contribution in [3.63, 3.8) is 0 Å². The zero-order valence-electron chi connectivity index (χ0n) is 7.51. The molecule has 1 unspecified atom stereocenters. The number of hydrogen-bond donors (Lipinski definition) is 1. The molecular formula is C8H18O2. The molecule has 0 aromatic heterocycles. The largest absolute Gasteiger partial charge is 0.391 e. The molecule has 62 valence electrons. The summed E-state index contributed by atoms with van der Waals surface area (Å²) < 4.78 is 5.45. The fraction of sp³-hybridized carbons (Fsp3) is 1.00. The third-order valence-corrected chi connectivity index (χ3v) is 1.22. The quantitative estimate of drug-likeness (QED) is 0.640. The Morgan fingerprint density at radius 2 is 1.60 bits per heavy atom. The van der Waals surface area contributed by atoms with E-state index >= 15 is 0 Å². The lowest BCUT2D eigenvalue weighted by Gasteiger charge is -2.26. The van der Waals surface area contributed by atoms with Crippen LogP contribution in [0.5, 0.6) is 0 Å². The van der Waals surface area contributed by atoms with E-state index in [0.29, 0.717) is 0 Å². The zero-order chi connectivity index (χ0) is 8.36. The Labute approximate surface area is 63.2 Å². The van der Waals surface area contributed by atoms with Crippen LogP contribution in [0.1, 0.15) is 34.6 Å². The maximum Gasteiger partial charge on any atom is 0.0810 e. The lowest BCUT2D eigenvalue weighted by atomic mass is 10.1.